The third-order valence-corrected chi connectivity index (χ3v) is 3.78. The van der Waals surface area contributed by atoms with Crippen LogP contribution in [0.3, 0.4) is 0 Å². The molecule has 0 aliphatic rings. The second-order valence-electron chi connectivity index (χ2n) is 4.43. The maximum Gasteiger partial charge on any atom is 0.294 e. The van der Waals surface area contributed by atoms with Crippen molar-refractivity contribution < 1.29 is 0 Å². The molecule has 0 saturated heterocycles. The van der Waals surface area contributed by atoms with E-state index in [-0.39, 0.29) is 5.56 Å². The Bertz CT molecular complexity index is 433. The number of nitrogens with zero attached hydrogens (tertiary/aromatic N) is 3. The van der Waals surface area contributed by atoms with Crippen LogP contribution in [0.15, 0.2) is 9.95 Å². The molecule has 1 rings (SSSR count). The summed E-state index contributed by atoms with van der Waals surface area (Å²) in [5, 5.41) is 8.45. The zero-order valence-corrected chi connectivity index (χ0v) is 12.2. The number of nitrogens with two attached hydrogens (primary N) is 1. The summed E-state index contributed by atoms with van der Waals surface area (Å²) in [6.07, 6.45) is 7.04. The Morgan fingerprint density at radius 1 is 1.39 bits per heavy atom. The highest BCUT2D eigenvalue weighted by Crippen LogP contribution is 2.16. The summed E-state index contributed by atoms with van der Waals surface area (Å²) in [6, 6.07) is 0. The number of hydrogen-bond donors (Lipinski definition) is 1. The number of hydrogen-bond acceptors (Lipinski definition) is 5. The average Bonchev–Trinajstić information content (AvgIpc) is 2.39. The molecule has 0 radical (unpaired) electrons. The van der Waals surface area contributed by atoms with Gasteiger partial charge in [0.2, 0.25) is 5.16 Å². The molecule has 0 amide bonds. The van der Waals surface area contributed by atoms with Gasteiger partial charge in [-0.25, -0.2) is 0 Å². The molecule has 1 heterocycles. The normalized spacial score (nSPS) is 12.6. The lowest BCUT2D eigenvalue weighted by molar-refractivity contribution is 0.437. The van der Waals surface area contributed by atoms with E-state index in [0.29, 0.717) is 23.2 Å². The molecule has 18 heavy (non-hydrogen) atoms. The van der Waals surface area contributed by atoms with Gasteiger partial charge < -0.3 is 5.84 Å². The highest BCUT2D eigenvalue weighted by molar-refractivity contribution is 7.98. The molecule has 0 aromatic carbocycles. The van der Waals surface area contributed by atoms with Gasteiger partial charge >= 0.3 is 0 Å². The average molecular weight is 270 g/mol. The van der Waals surface area contributed by atoms with E-state index in [0.717, 1.165) is 17.5 Å². The Balaban J connectivity index is 2.84. The standard InChI is InChI=1S/C12H22N4OS/c1-4-6-7-9(5-2)8-10-11(17)16(13)12(18-3)15-14-10/h9H,4-8,13H2,1-3H3. The van der Waals surface area contributed by atoms with E-state index in [4.69, 9.17) is 5.84 Å². The Morgan fingerprint density at radius 2 is 2.11 bits per heavy atom. The van der Waals surface area contributed by atoms with Gasteiger partial charge in [0.1, 0.15) is 5.69 Å². The van der Waals surface area contributed by atoms with Gasteiger partial charge in [0, 0.05) is 6.42 Å². The van der Waals surface area contributed by atoms with E-state index in [1.165, 1.54) is 24.6 Å². The molecular weight excluding hydrogens is 248 g/mol. The number of nitrogen functional groups attached to an aromatic ring is 1. The lowest BCUT2D eigenvalue weighted by Crippen LogP contribution is -2.34. The van der Waals surface area contributed by atoms with Crippen LogP contribution in [0.2, 0.25) is 0 Å². The van der Waals surface area contributed by atoms with Crippen LogP contribution in [-0.2, 0) is 6.42 Å². The topological polar surface area (TPSA) is 73.8 Å². The first-order valence-electron chi connectivity index (χ1n) is 6.41. The fraction of sp³-hybridized carbons (Fsp3) is 0.750. The minimum Gasteiger partial charge on any atom is -0.334 e. The molecule has 6 heteroatoms. The highest BCUT2D eigenvalue weighted by Gasteiger charge is 2.14. The molecule has 0 aliphatic heterocycles. The molecule has 0 aliphatic carbocycles. The maximum atomic E-state index is 12.0. The summed E-state index contributed by atoms with van der Waals surface area (Å²) in [5.41, 5.74) is 0.266. The molecule has 1 aromatic rings. The molecule has 102 valence electrons. The Labute approximate surface area is 112 Å². The first-order chi connectivity index (χ1) is 8.63. The molecule has 5 nitrogen and oxygen atoms in total. The second kappa shape index (κ2) is 7.41. The minimum absolute atomic E-state index is 0.218. The predicted molar refractivity (Wildman–Crippen MR) is 75.2 cm³/mol. The summed E-state index contributed by atoms with van der Waals surface area (Å²) >= 11 is 1.32. The van der Waals surface area contributed by atoms with Crippen molar-refractivity contribution in [2.24, 2.45) is 5.92 Å². The van der Waals surface area contributed by atoms with E-state index in [1.54, 1.807) is 0 Å². The molecule has 2 N–H and O–H groups in total. The molecule has 0 fully saturated rings. The van der Waals surface area contributed by atoms with Crippen LogP contribution in [-0.4, -0.2) is 21.1 Å². The maximum absolute atomic E-state index is 12.0. The zero-order chi connectivity index (χ0) is 13.5. The zero-order valence-electron chi connectivity index (χ0n) is 11.3. The Kier molecular flexibility index (Phi) is 6.18. The van der Waals surface area contributed by atoms with Crippen molar-refractivity contribution in [3.05, 3.63) is 16.0 Å². The van der Waals surface area contributed by atoms with Crippen LogP contribution in [0.4, 0.5) is 0 Å². The van der Waals surface area contributed by atoms with Gasteiger partial charge in [-0.3, -0.25) is 4.79 Å². The SMILES string of the molecule is CCCCC(CC)Cc1nnc(SC)n(N)c1=O. The highest BCUT2D eigenvalue weighted by atomic mass is 32.2. The van der Waals surface area contributed by atoms with Gasteiger partial charge in [-0.15, -0.1) is 10.2 Å². The summed E-state index contributed by atoms with van der Waals surface area (Å²) in [6.45, 7) is 4.32. The summed E-state index contributed by atoms with van der Waals surface area (Å²) in [7, 11) is 0. The molecule has 1 atom stereocenters. The molecule has 0 spiro atoms. The van der Waals surface area contributed by atoms with Crippen LogP contribution in [0.5, 0.6) is 0 Å². The van der Waals surface area contributed by atoms with E-state index in [2.05, 4.69) is 24.0 Å². The van der Waals surface area contributed by atoms with E-state index in [9.17, 15) is 4.79 Å². The molecule has 1 unspecified atom stereocenters. The fourth-order valence-corrected chi connectivity index (χ4v) is 2.31. The summed E-state index contributed by atoms with van der Waals surface area (Å²) < 4.78 is 1.10. The van der Waals surface area contributed by atoms with Crippen LogP contribution in [0.1, 0.15) is 45.2 Å². The predicted octanol–water partition coefficient (Wildman–Crippen LogP) is 1.83. The third-order valence-electron chi connectivity index (χ3n) is 3.14. The van der Waals surface area contributed by atoms with Crippen molar-refractivity contribution in [2.75, 3.05) is 12.1 Å². The number of rotatable bonds is 7. The third kappa shape index (κ3) is 3.73. The van der Waals surface area contributed by atoms with Crippen LogP contribution in [0.25, 0.3) is 0 Å². The van der Waals surface area contributed by atoms with Crippen molar-refractivity contribution >= 4 is 11.8 Å². The van der Waals surface area contributed by atoms with Crippen molar-refractivity contribution in [3.63, 3.8) is 0 Å². The first kappa shape index (κ1) is 15.0. The van der Waals surface area contributed by atoms with Gasteiger partial charge in [0.25, 0.3) is 5.56 Å². The van der Waals surface area contributed by atoms with Crippen LogP contribution in [0, 0.1) is 5.92 Å². The van der Waals surface area contributed by atoms with Crippen molar-refractivity contribution in [1.82, 2.24) is 14.9 Å². The van der Waals surface area contributed by atoms with Gasteiger partial charge in [-0.05, 0) is 12.2 Å². The number of thioether (sulfide) groups is 1. The molecule has 0 bridgehead atoms. The van der Waals surface area contributed by atoms with Crippen LogP contribution >= 0.6 is 11.8 Å². The van der Waals surface area contributed by atoms with Gasteiger partial charge in [-0.1, -0.05) is 51.3 Å². The summed E-state index contributed by atoms with van der Waals surface area (Å²) in [4.78, 5) is 12.0. The Morgan fingerprint density at radius 3 is 2.67 bits per heavy atom. The molecule has 0 saturated carbocycles. The largest absolute Gasteiger partial charge is 0.334 e. The van der Waals surface area contributed by atoms with Crippen molar-refractivity contribution in [1.29, 1.82) is 0 Å². The quantitative estimate of drug-likeness (QED) is 0.604. The molecular formula is C12H22N4OS. The first-order valence-corrected chi connectivity index (χ1v) is 7.64. The number of aromatic nitrogens is 3. The fourth-order valence-electron chi connectivity index (χ4n) is 1.90. The monoisotopic (exact) mass is 270 g/mol. The lowest BCUT2D eigenvalue weighted by Gasteiger charge is -2.13. The minimum atomic E-state index is -0.218. The van der Waals surface area contributed by atoms with Gasteiger partial charge in [0.05, 0.1) is 0 Å². The number of unbranched alkanes of at least 4 members (excludes halogenated alkanes) is 1. The van der Waals surface area contributed by atoms with Crippen molar-refractivity contribution in [3.8, 4) is 0 Å². The van der Waals surface area contributed by atoms with E-state index >= 15 is 0 Å². The van der Waals surface area contributed by atoms with E-state index < -0.39 is 0 Å². The van der Waals surface area contributed by atoms with Crippen molar-refractivity contribution in [2.45, 2.75) is 51.1 Å². The molecule has 1 aromatic heterocycles. The van der Waals surface area contributed by atoms with Gasteiger partial charge in [0.15, 0.2) is 0 Å². The second-order valence-corrected chi connectivity index (χ2v) is 5.20. The Hall–Kier alpha value is -1.04. The summed E-state index contributed by atoms with van der Waals surface area (Å²) in [5.74, 6) is 6.18. The van der Waals surface area contributed by atoms with Crippen LogP contribution < -0.4 is 11.4 Å². The smallest absolute Gasteiger partial charge is 0.294 e. The van der Waals surface area contributed by atoms with Gasteiger partial charge in [-0.2, -0.15) is 4.68 Å². The van der Waals surface area contributed by atoms with E-state index in [1.807, 2.05) is 6.26 Å². The lowest BCUT2D eigenvalue weighted by atomic mass is 9.94.